The number of hydrogen-bond donors (Lipinski definition) is 3. The molecule has 0 aliphatic heterocycles. The Labute approximate surface area is 101 Å². The predicted molar refractivity (Wildman–Crippen MR) is 68.4 cm³/mol. The third-order valence-corrected chi connectivity index (χ3v) is 4.62. The molecule has 0 amide bonds. The molecule has 1 aliphatic carbocycles. The van der Waals surface area contributed by atoms with Crippen molar-refractivity contribution in [3.8, 4) is 0 Å². The minimum atomic E-state index is -3.45. The van der Waals surface area contributed by atoms with E-state index in [1.807, 2.05) is 6.92 Å². The summed E-state index contributed by atoms with van der Waals surface area (Å²) in [6, 6.07) is 4.66. The van der Waals surface area contributed by atoms with Crippen LogP contribution in [0.25, 0.3) is 0 Å². The van der Waals surface area contributed by atoms with E-state index in [1.54, 1.807) is 19.2 Å². The van der Waals surface area contributed by atoms with E-state index in [1.165, 1.54) is 6.07 Å². The monoisotopic (exact) mass is 255 g/mol. The fourth-order valence-electron chi connectivity index (χ4n) is 1.59. The molecule has 1 saturated carbocycles. The maximum Gasteiger partial charge on any atom is 0.241 e. The molecule has 0 aromatic heterocycles. The van der Waals surface area contributed by atoms with Crippen LogP contribution in [0.5, 0.6) is 0 Å². The van der Waals surface area contributed by atoms with Gasteiger partial charge in [-0.25, -0.2) is 13.1 Å². The van der Waals surface area contributed by atoms with Crippen molar-refractivity contribution in [2.75, 3.05) is 18.1 Å². The van der Waals surface area contributed by atoms with Gasteiger partial charge in [0, 0.05) is 12.6 Å². The van der Waals surface area contributed by atoms with Crippen molar-refractivity contribution in [1.82, 2.24) is 4.72 Å². The summed E-state index contributed by atoms with van der Waals surface area (Å²) >= 11 is 0. The van der Waals surface area contributed by atoms with Crippen LogP contribution in [0.1, 0.15) is 19.8 Å². The Balaban J connectivity index is 2.32. The van der Waals surface area contributed by atoms with Crippen molar-refractivity contribution in [2.45, 2.75) is 30.2 Å². The average molecular weight is 255 g/mol. The van der Waals surface area contributed by atoms with Gasteiger partial charge in [0.2, 0.25) is 10.0 Å². The fourth-order valence-corrected chi connectivity index (χ4v) is 3.08. The quantitative estimate of drug-likeness (QED) is 0.704. The highest BCUT2D eigenvalue weighted by Gasteiger charge is 2.41. The molecule has 0 heterocycles. The Morgan fingerprint density at radius 1 is 1.35 bits per heavy atom. The lowest BCUT2D eigenvalue weighted by Crippen LogP contribution is -2.34. The molecule has 0 saturated heterocycles. The minimum Gasteiger partial charge on any atom is -0.397 e. The molecule has 0 bridgehead atoms. The van der Waals surface area contributed by atoms with Gasteiger partial charge in [-0.2, -0.15) is 0 Å². The van der Waals surface area contributed by atoms with E-state index in [0.29, 0.717) is 11.4 Å². The third kappa shape index (κ3) is 2.53. The van der Waals surface area contributed by atoms with Crippen molar-refractivity contribution in [2.24, 2.45) is 0 Å². The van der Waals surface area contributed by atoms with Crippen LogP contribution in [-0.2, 0) is 10.0 Å². The summed E-state index contributed by atoms with van der Waals surface area (Å²) in [5.74, 6) is 0. The molecule has 6 heteroatoms. The number of nitrogens with two attached hydrogens (primary N) is 1. The van der Waals surface area contributed by atoms with Crippen molar-refractivity contribution >= 4 is 21.4 Å². The summed E-state index contributed by atoms with van der Waals surface area (Å²) in [6.45, 7) is 1.90. The zero-order valence-electron chi connectivity index (χ0n) is 9.95. The molecule has 0 radical (unpaired) electrons. The lowest BCUT2D eigenvalue weighted by atomic mass is 10.3. The van der Waals surface area contributed by atoms with Crippen molar-refractivity contribution in [3.05, 3.63) is 18.2 Å². The first-order valence-corrected chi connectivity index (χ1v) is 6.96. The van der Waals surface area contributed by atoms with E-state index >= 15 is 0 Å². The number of hydrogen-bond acceptors (Lipinski definition) is 4. The maximum absolute atomic E-state index is 12.1. The highest BCUT2D eigenvalue weighted by Crippen LogP contribution is 2.36. The second kappa shape index (κ2) is 3.89. The Bertz CT molecular complexity index is 536. The predicted octanol–water partition coefficient (Wildman–Crippen LogP) is 1.14. The first-order valence-electron chi connectivity index (χ1n) is 5.48. The molecule has 0 spiro atoms. The van der Waals surface area contributed by atoms with Crippen LogP contribution in [0.3, 0.4) is 0 Å². The molecular formula is C11H17N3O2S. The van der Waals surface area contributed by atoms with Crippen LogP contribution < -0.4 is 15.8 Å². The maximum atomic E-state index is 12.1. The van der Waals surface area contributed by atoms with E-state index in [0.717, 1.165) is 12.8 Å². The molecule has 2 rings (SSSR count). The normalized spacial score (nSPS) is 17.8. The van der Waals surface area contributed by atoms with E-state index in [4.69, 9.17) is 5.73 Å². The standard InChI is InChI=1S/C11H17N3O2S/c1-11(5-6-11)14-17(15,16)8-3-4-9(12)10(7-8)13-2/h3-4,7,13-14H,5-6,12H2,1-2H3. The minimum absolute atomic E-state index is 0.240. The molecule has 1 aromatic rings. The van der Waals surface area contributed by atoms with Crippen LogP contribution in [0.2, 0.25) is 0 Å². The summed E-state index contributed by atoms with van der Waals surface area (Å²) in [5.41, 5.74) is 6.59. The molecular weight excluding hydrogens is 238 g/mol. The average Bonchev–Trinajstić information content (AvgIpc) is 2.95. The lowest BCUT2D eigenvalue weighted by Gasteiger charge is -2.13. The van der Waals surface area contributed by atoms with Gasteiger partial charge in [0.15, 0.2) is 0 Å². The van der Waals surface area contributed by atoms with Gasteiger partial charge in [-0.1, -0.05) is 0 Å². The van der Waals surface area contributed by atoms with E-state index < -0.39 is 10.0 Å². The lowest BCUT2D eigenvalue weighted by molar-refractivity contribution is 0.558. The third-order valence-electron chi connectivity index (χ3n) is 2.99. The molecule has 0 atom stereocenters. The Kier molecular flexibility index (Phi) is 2.79. The van der Waals surface area contributed by atoms with Crippen molar-refractivity contribution < 1.29 is 8.42 Å². The van der Waals surface area contributed by atoms with E-state index in [9.17, 15) is 8.42 Å². The van der Waals surface area contributed by atoms with Gasteiger partial charge in [-0.15, -0.1) is 0 Å². The zero-order chi connectivity index (χ0) is 12.7. The number of nitrogen functional groups attached to an aromatic ring is 1. The topological polar surface area (TPSA) is 84.2 Å². The van der Waals surface area contributed by atoms with Gasteiger partial charge in [0.25, 0.3) is 0 Å². The highest BCUT2D eigenvalue weighted by atomic mass is 32.2. The highest BCUT2D eigenvalue weighted by molar-refractivity contribution is 7.89. The number of rotatable bonds is 4. The molecule has 17 heavy (non-hydrogen) atoms. The molecule has 1 aliphatic rings. The SMILES string of the molecule is CNc1cc(S(=O)(=O)NC2(C)CC2)ccc1N. The summed E-state index contributed by atoms with van der Waals surface area (Å²) in [4.78, 5) is 0.240. The zero-order valence-corrected chi connectivity index (χ0v) is 10.8. The van der Waals surface area contributed by atoms with Crippen LogP contribution in [-0.4, -0.2) is 21.0 Å². The summed E-state index contributed by atoms with van der Waals surface area (Å²) in [7, 11) is -1.74. The summed E-state index contributed by atoms with van der Waals surface area (Å²) in [5, 5.41) is 2.87. The smallest absolute Gasteiger partial charge is 0.241 e. The molecule has 0 unspecified atom stereocenters. The van der Waals surface area contributed by atoms with Gasteiger partial charge >= 0.3 is 0 Å². The fraction of sp³-hybridized carbons (Fsp3) is 0.455. The number of sulfonamides is 1. The Morgan fingerprint density at radius 2 is 2.00 bits per heavy atom. The van der Waals surface area contributed by atoms with E-state index in [2.05, 4.69) is 10.0 Å². The van der Waals surface area contributed by atoms with Gasteiger partial charge in [0.05, 0.1) is 16.3 Å². The van der Waals surface area contributed by atoms with Gasteiger partial charge < -0.3 is 11.1 Å². The van der Waals surface area contributed by atoms with Gasteiger partial charge in [-0.3, -0.25) is 0 Å². The molecule has 94 valence electrons. The summed E-state index contributed by atoms with van der Waals surface area (Å²) in [6.07, 6.45) is 1.78. The number of benzene rings is 1. The summed E-state index contributed by atoms with van der Waals surface area (Å²) < 4.78 is 26.9. The number of nitrogens with one attached hydrogen (secondary N) is 2. The van der Waals surface area contributed by atoms with Crippen LogP contribution in [0, 0.1) is 0 Å². The second-order valence-electron chi connectivity index (χ2n) is 4.67. The van der Waals surface area contributed by atoms with Crippen LogP contribution in [0.15, 0.2) is 23.1 Å². The van der Waals surface area contributed by atoms with Gasteiger partial charge in [-0.05, 0) is 38.0 Å². The molecule has 1 aromatic carbocycles. The van der Waals surface area contributed by atoms with Crippen molar-refractivity contribution in [3.63, 3.8) is 0 Å². The second-order valence-corrected chi connectivity index (χ2v) is 6.35. The first-order chi connectivity index (χ1) is 7.86. The van der Waals surface area contributed by atoms with Crippen LogP contribution in [0.4, 0.5) is 11.4 Å². The van der Waals surface area contributed by atoms with Gasteiger partial charge in [0.1, 0.15) is 0 Å². The molecule has 1 fully saturated rings. The number of anilines is 2. The molecule has 4 N–H and O–H groups in total. The van der Waals surface area contributed by atoms with E-state index in [-0.39, 0.29) is 10.4 Å². The molecule has 5 nitrogen and oxygen atoms in total. The Morgan fingerprint density at radius 3 is 2.53 bits per heavy atom. The largest absolute Gasteiger partial charge is 0.397 e. The van der Waals surface area contributed by atoms with Crippen LogP contribution >= 0.6 is 0 Å². The van der Waals surface area contributed by atoms with Crippen molar-refractivity contribution in [1.29, 1.82) is 0 Å². The Hall–Kier alpha value is -1.27. The first kappa shape index (κ1) is 12.2.